The van der Waals surface area contributed by atoms with Gasteiger partial charge in [-0.2, -0.15) is 0 Å². The van der Waals surface area contributed by atoms with Crippen molar-refractivity contribution in [3.05, 3.63) is 73.8 Å². The standard InChI is InChI=1S/C15H9Cl2NO5/c16-12-4-2-1-3-10(12)14(19)8-23-15(20)11-7-9(18(21)22)5-6-13(11)17/h1-7H,8H2. The van der Waals surface area contributed by atoms with Crippen molar-refractivity contribution < 1.29 is 19.2 Å². The highest BCUT2D eigenvalue weighted by Crippen LogP contribution is 2.23. The van der Waals surface area contributed by atoms with Gasteiger partial charge in [-0.25, -0.2) is 4.79 Å². The number of ether oxygens (including phenoxy) is 1. The fourth-order valence-electron chi connectivity index (χ4n) is 1.76. The maximum absolute atomic E-state index is 12.0. The Balaban J connectivity index is 2.11. The molecule has 2 aromatic carbocycles. The number of hydrogen-bond acceptors (Lipinski definition) is 5. The third-order valence-electron chi connectivity index (χ3n) is 2.89. The summed E-state index contributed by atoms with van der Waals surface area (Å²) in [6.45, 7) is -0.554. The zero-order valence-corrected chi connectivity index (χ0v) is 13.0. The number of benzene rings is 2. The molecule has 0 atom stereocenters. The van der Waals surface area contributed by atoms with Gasteiger partial charge in [-0.05, 0) is 18.2 Å². The van der Waals surface area contributed by atoms with Gasteiger partial charge in [-0.15, -0.1) is 0 Å². The average Bonchev–Trinajstić information content (AvgIpc) is 2.53. The van der Waals surface area contributed by atoms with Crippen LogP contribution in [0.2, 0.25) is 10.0 Å². The van der Waals surface area contributed by atoms with Crippen molar-refractivity contribution in [1.29, 1.82) is 0 Å². The lowest BCUT2D eigenvalue weighted by atomic mass is 10.1. The number of carbonyl (C=O) groups excluding carboxylic acids is 2. The van der Waals surface area contributed by atoms with Crippen LogP contribution in [0.5, 0.6) is 0 Å². The molecule has 2 rings (SSSR count). The first kappa shape index (κ1) is 16.9. The first-order chi connectivity index (χ1) is 10.9. The van der Waals surface area contributed by atoms with Crippen LogP contribution in [0, 0.1) is 10.1 Å². The molecule has 0 aliphatic carbocycles. The fourth-order valence-corrected chi connectivity index (χ4v) is 2.19. The second kappa shape index (κ2) is 7.21. The van der Waals surface area contributed by atoms with E-state index >= 15 is 0 Å². The lowest BCUT2D eigenvalue weighted by Gasteiger charge is -2.06. The van der Waals surface area contributed by atoms with Gasteiger partial charge in [0.2, 0.25) is 5.78 Å². The molecule has 23 heavy (non-hydrogen) atoms. The van der Waals surface area contributed by atoms with Crippen molar-refractivity contribution in [2.45, 2.75) is 0 Å². The van der Waals surface area contributed by atoms with E-state index in [1.165, 1.54) is 18.2 Å². The molecule has 0 bridgehead atoms. The molecule has 0 aromatic heterocycles. The molecule has 0 saturated heterocycles. The first-order valence-corrected chi connectivity index (χ1v) is 7.04. The van der Waals surface area contributed by atoms with Gasteiger partial charge in [-0.3, -0.25) is 14.9 Å². The molecule has 2 aromatic rings. The zero-order valence-electron chi connectivity index (χ0n) is 11.5. The zero-order chi connectivity index (χ0) is 17.0. The number of nitrogens with zero attached hydrogens (tertiary/aromatic N) is 1. The van der Waals surface area contributed by atoms with E-state index in [0.717, 1.165) is 12.1 Å². The second-order valence-corrected chi connectivity index (χ2v) is 5.21. The number of hydrogen-bond donors (Lipinski definition) is 0. The number of non-ortho nitro benzene ring substituents is 1. The van der Waals surface area contributed by atoms with Crippen LogP contribution >= 0.6 is 23.2 Å². The molecular formula is C15H9Cl2NO5. The predicted molar refractivity (Wildman–Crippen MR) is 84.2 cm³/mol. The molecule has 0 radical (unpaired) electrons. The molecule has 0 N–H and O–H groups in total. The van der Waals surface area contributed by atoms with E-state index in [-0.39, 0.29) is 26.9 Å². The van der Waals surface area contributed by atoms with Crippen LogP contribution in [-0.2, 0) is 4.74 Å². The number of nitro benzene ring substituents is 1. The van der Waals surface area contributed by atoms with Crippen LogP contribution in [0.1, 0.15) is 20.7 Å². The molecule has 0 heterocycles. The summed E-state index contributed by atoms with van der Waals surface area (Å²) in [5.74, 6) is -1.43. The molecule has 0 fully saturated rings. The number of halogens is 2. The number of Topliss-reactive ketones (excluding diaryl/α,β-unsaturated/α-hetero) is 1. The molecule has 0 aliphatic rings. The molecule has 8 heteroatoms. The predicted octanol–water partition coefficient (Wildman–Crippen LogP) is 3.94. The smallest absolute Gasteiger partial charge is 0.340 e. The second-order valence-electron chi connectivity index (χ2n) is 4.40. The topological polar surface area (TPSA) is 86.5 Å². The normalized spacial score (nSPS) is 10.2. The Morgan fingerprint density at radius 2 is 1.70 bits per heavy atom. The van der Waals surface area contributed by atoms with Gasteiger partial charge in [0.1, 0.15) is 0 Å². The van der Waals surface area contributed by atoms with Crippen LogP contribution in [0.4, 0.5) is 5.69 Å². The Bertz CT molecular complexity index is 791. The Hall–Kier alpha value is -2.44. The van der Waals surface area contributed by atoms with Crippen LogP contribution in [0.3, 0.4) is 0 Å². The molecule has 0 spiro atoms. The summed E-state index contributed by atoms with van der Waals surface area (Å²) in [6.07, 6.45) is 0. The summed E-state index contributed by atoms with van der Waals surface area (Å²) in [5.41, 5.74) is -0.279. The Labute approximate surface area is 140 Å². The van der Waals surface area contributed by atoms with Gasteiger partial charge in [0.25, 0.3) is 5.69 Å². The average molecular weight is 354 g/mol. The molecule has 0 saturated carbocycles. The van der Waals surface area contributed by atoms with Gasteiger partial charge in [0.15, 0.2) is 6.61 Å². The molecule has 6 nitrogen and oxygen atoms in total. The van der Waals surface area contributed by atoms with Gasteiger partial charge in [0.05, 0.1) is 20.5 Å². The van der Waals surface area contributed by atoms with Crippen molar-refractivity contribution in [2.24, 2.45) is 0 Å². The van der Waals surface area contributed by atoms with Crippen molar-refractivity contribution in [1.82, 2.24) is 0 Å². The molecule has 0 amide bonds. The van der Waals surface area contributed by atoms with Crippen molar-refractivity contribution in [2.75, 3.05) is 6.61 Å². The van der Waals surface area contributed by atoms with E-state index in [4.69, 9.17) is 27.9 Å². The van der Waals surface area contributed by atoms with Gasteiger partial charge < -0.3 is 4.74 Å². The number of rotatable bonds is 5. The first-order valence-electron chi connectivity index (χ1n) is 6.29. The maximum atomic E-state index is 12.0. The van der Waals surface area contributed by atoms with E-state index < -0.39 is 23.3 Å². The van der Waals surface area contributed by atoms with Crippen LogP contribution in [0.25, 0.3) is 0 Å². The van der Waals surface area contributed by atoms with Gasteiger partial charge >= 0.3 is 5.97 Å². The quantitative estimate of drug-likeness (QED) is 0.351. The monoisotopic (exact) mass is 353 g/mol. The minimum Gasteiger partial charge on any atom is -0.454 e. The fraction of sp³-hybridized carbons (Fsp3) is 0.0667. The van der Waals surface area contributed by atoms with Crippen LogP contribution < -0.4 is 0 Å². The molecule has 118 valence electrons. The number of carbonyl (C=O) groups is 2. The van der Waals surface area contributed by atoms with Crippen molar-refractivity contribution in [3.63, 3.8) is 0 Å². The minimum absolute atomic E-state index is 0.00853. The summed E-state index contributed by atoms with van der Waals surface area (Å²) in [7, 11) is 0. The van der Waals surface area contributed by atoms with Gasteiger partial charge in [-0.1, -0.05) is 35.3 Å². The van der Waals surface area contributed by atoms with Crippen molar-refractivity contribution in [3.8, 4) is 0 Å². The Morgan fingerprint density at radius 1 is 1.04 bits per heavy atom. The minimum atomic E-state index is -0.931. The van der Waals surface area contributed by atoms with E-state index in [1.54, 1.807) is 12.1 Å². The summed E-state index contributed by atoms with van der Waals surface area (Å²) >= 11 is 11.7. The van der Waals surface area contributed by atoms with E-state index in [9.17, 15) is 19.7 Å². The van der Waals surface area contributed by atoms with Gasteiger partial charge in [0, 0.05) is 17.7 Å². The molecule has 0 unspecified atom stereocenters. The highest BCUT2D eigenvalue weighted by Gasteiger charge is 2.19. The summed E-state index contributed by atoms with van der Waals surface area (Å²) in [5, 5.41) is 10.9. The van der Waals surface area contributed by atoms with E-state index in [2.05, 4.69) is 0 Å². The third kappa shape index (κ3) is 4.06. The highest BCUT2D eigenvalue weighted by molar-refractivity contribution is 6.34. The molecular weight excluding hydrogens is 345 g/mol. The summed E-state index contributed by atoms with van der Waals surface area (Å²) in [4.78, 5) is 34.0. The lowest BCUT2D eigenvalue weighted by Crippen LogP contribution is -2.15. The van der Waals surface area contributed by atoms with E-state index in [1.807, 2.05) is 0 Å². The lowest BCUT2D eigenvalue weighted by molar-refractivity contribution is -0.384. The SMILES string of the molecule is O=C(COC(=O)c1cc([N+](=O)[O-])ccc1Cl)c1ccccc1Cl. The summed E-state index contributed by atoms with van der Waals surface area (Å²) < 4.78 is 4.86. The largest absolute Gasteiger partial charge is 0.454 e. The maximum Gasteiger partial charge on any atom is 0.340 e. The van der Waals surface area contributed by atoms with Crippen molar-refractivity contribution >= 4 is 40.6 Å². The highest BCUT2D eigenvalue weighted by atomic mass is 35.5. The number of ketones is 1. The van der Waals surface area contributed by atoms with E-state index in [0.29, 0.717) is 0 Å². The van der Waals surface area contributed by atoms with Crippen LogP contribution in [-0.4, -0.2) is 23.3 Å². The Kier molecular flexibility index (Phi) is 5.31. The molecule has 0 aliphatic heterocycles. The summed E-state index contributed by atoms with van der Waals surface area (Å²) in [6, 6.07) is 9.68. The Morgan fingerprint density at radius 3 is 2.35 bits per heavy atom. The number of esters is 1. The third-order valence-corrected chi connectivity index (χ3v) is 3.55. The van der Waals surface area contributed by atoms with Crippen LogP contribution in [0.15, 0.2) is 42.5 Å². The number of nitro groups is 1.